The Morgan fingerprint density at radius 3 is 2.47 bits per heavy atom. The summed E-state index contributed by atoms with van der Waals surface area (Å²) in [6, 6.07) is 12.1. The predicted molar refractivity (Wildman–Crippen MR) is 80.4 cm³/mol. The lowest BCUT2D eigenvalue weighted by molar-refractivity contribution is 0.0993. The maximum Gasteiger partial charge on any atom is 0.167 e. The summed E-state index contributed by atoms with van der Waals surface area (Å²) >= 11 is 4.68. The Labute approximate surface area is 124 Å². The highest BCUT2D eigenvalue weighted by atomic mass is 79.9. The molecule has 0 heterocycles. The van der Waals surface area contributed by atoms with Gasteiger partial charge in [0.2, 0.25) is 0 Å². The summed E-state index contributed by atoms with van der Waals surface area (Å²) in [6.07, 6.45) is 2.04. The number of carbonyl (C=O) groups is 1. The van der Waals surface area contributed by atoms with Gasteiger partial charge in [0, 0.05) is 21.4 Å². The number of ketones is 1. The van der Waals surface area contributed by atoms with E-state index < -0.39 is 0 Å². The molecule has 0 saturated carbocycles. The molecule has 19 heavy (non-hydrogen) atoms. The summed E-state index contributed by atoms with van der Waals surface area (Å²) in [5, 5.41) is 0. The molecule has 0 aliphatic heterocycles. The molecule has 2 aromatic rings. The van der Waals surface area contributed by atoms with E-state index in [1.54, 1.807) is 24.3 Å². The number of halogens is 2. The number of rotatable bonds is 4. The van der Waals surface area contributed by atoms with Crippen molar-refractivity contribution in [2.45, 2.75) is 11.3 Å². The summed E-state index contributed by atoms with van der Waals surface area (Å²) in [5.41, 5.74) is 1.33. The minimum Gasteiger partial charge on any atom is -0.294 e. The Balaban J connectivity index is 2.14. The number of carbonyl (C=O) groups excluding carboxylic acids is 1. The molecule has 0 saturated heterocycles. The third-order valence-electron chi connectivity index (χ3n) is 2.75. The second kappa shape index (κ2) is 6.35. The highest BCUT2D eigenvalue weighted by Gasteiger charge is 2.09. The average Bonchev–Trinajstić information content (AvgIpc) is 2.39. The van der Waals surface area contributed by atoms with Gasteiger partial charge in [0.15, 0.2) is 5.78 Å². The minimum atomic E-state index is -0.270. The standard InChI is InChI=1S/C15H12BrFOS/c1-19-15-7-2-10(8-13(15)17)9-14(18)11-3-5-12(16)6-4-11/h2-8H,9H2,1H3. The van der Waals surface area contributed by atoms with Crippen LogP contribution in [0.5, 0.6) is 0 Å². The van der Waals surface area contributed by atoms with E-state index in [1.807, 2.05) is 18.4 Å². The average molecular weight is 339 g/mol. The maximum atomic E-state index is 13.6. The van der Waals surface area contributed by atoms with Crippen molar-refractivity contribution >= 4 is 33.5 Å². The molecular weight excluding hydrogens is 327 g/mol. The van der Waals surface area contributed by atoms with E-state index in [2.05, 4.69) is 15.9 Å². The van der Waals surface area contributed by atoms with Crippen LogP contribution in [0.15, 0.2) is 51.8 Å². The van der Waals surface area contributed by atoms with Gasteiger partial charge < -0.3 is 0 Å². The summed E-state index contributed by atoms with van der Waals surface area (Å²) < 4.78 is 14.5. The fourth-order valence-electron chi connectivity index (χ4n) is 1.74. The van der Waals surface area contributed by atoms with Gasteiger partial charge in [0.1, 0.15) is 5.82 Å². The molecule has 98 valence electrons. The van der Waals surface area contributed by atoms with Crippen LogP contribution >= 0.6 is 27.7 Å². The van der Waals surface area contributed by atoms with Crippen LogP contribution in [0.25, 0.3) is 0 Å². The van der Waals surface area contributed by atoms with Crippen LogP contribution in [0.4, 0.5) is 4.39 Å². The van der Waals surface area contributed by atoms with E-state index in [0.29, 0.717) is 16.0 Å². The monoisotopic (exact) mass is 338 g/mol. The topological polar surface area (TPSA) is 17.1 Å². The smallest absolute Gasteiger partial charge is 0.167 e. The van der Waals surface area contributed by atoms with E-state index in [1.165, 1.54) is 17.8 Å². The highest BCUT2D eigenvalue weighted by molar-refractivity contribution is 9.10. The van der Waals surface area contributed by atoms with E-state index in [0.717, 1.165) is 4.47 Å². The fraction of sp³-hybridized carbons (Fsp3) is 0.133. The maximum absolute atomic E-state index is 13.6. The number of thioether (sulfide) groups is 1. The number of hydrogen-bond acceptors (Lipinski definition) is 2. The largest absolute Gasteiger partial charge is 0.294 e. The number of Topliss-reactive ketones (excluding diaryl/α,β-unsaturated/α-hetero) is 1. The molecule has 1 nitrogen and oxygen atoms in total. The van der Waals surface area contributed by atoms with Gasteiger partial charge in [-0.25, -0.2) is 4.39 Å². The van der Waals surface area contributed by atoms with Gasteiger partial charge in [-0.15, -0.1) is 11.8 Å². The molecule has 2 rings (SSSR count). The van der Waals surface area contributed by atoms with Crippen LogP contribution in [0.2, 0.25) is 0 Å². The summed E-state index contributed by atoms with van der Waals surface area (Å²) in [5.74, 6) is -0.280. The van der Waals surface area contributed by atoms with Gasteiger partial charge in [-0.3, -0.25) is 4.79 Å². The van der Waals surface area contributed by atoms with Crippen molar-refractivity contribution in [2.75, 3.05) is 6.26 Å². The van der Waals surface area contributed by atoms with Gasteiger partial charge in [0.05, 0.1) is 0 Å². The first-order valence-electron chi connectivity index (χ1n) is 5.71. The molecule has 0 aliphatic carbocycles. The molecule has 0 aliphatic rings. The minimum absolute atomic E-state index is 0.0104. The van der Waals surface area contributed by atoms with Gasteiger partial charge in [-0.1, -0.05) is 34.1 Å². The third kappa shape index (κ3) is 3.67. The molecule has 0 unspecified atom stereocenters. The first-order valence-corrected chi connectivity index (χ1v) is 7.73. The van der Waals surface area contributed by atoms with Crippen molar-refractivity contribution in [1.82, 2.24) is 0 Å². The van der Waals surface area contributed by atoms with E-state index >= 15 is 0 Å². The first-order chi connectivity index (χ1) is 9.10. The Morgan fingerprint density at radius 2 is 1.89 bits per heavy atom. The van der Waals surface area contributed by atoms with Crippen LogP contribution in [-0.2, 0) is 6.42 Å². The molecule has 0 aromatic heterocycles. The van der Waals surface area contributed by atoms with Crippen molar-refractivity contribution in [3.8, 4) is 0 Å². The van der Waals surface area contributed by atoms with Crippen LogP contribution in [0.1, 0.15) is 15.9 Å². The zero-order chi connectivity index (χ0) is 13.8. The normalized spacial score (nSPS) is 10.5. The van der Waals surface area contributed by atoms with Gasteiger partial charge >= 0.3 is 0 Å². The van der Waals surface area contributed by atoms with Crippen molar-refractivity contribution < 1.29 is 9.18 Å². The van der Waals surface area contributed by atoms with Crippen LogP contribution in [-0.4, -0.2) is 12.0 Å². The fourth-order valence-corrected chi connectivity index (χ4v) is 2.47. The summed E-state index contributed by atoms with van der Waals surface area (Å²) in [4.78, 5) is 12.6. The predicted octanol–water partition coefficient (Wildman–Crippen LogP) is 4.74. The van der Waals surface area contributed by atoms with Gasteiger partial charge in [-0.2, -0.15) is 0 Å². The Morgan fingerprint density at radius 1 is 1.21 bits per heavy atom. The highest BCUT2D eigenvalue weighted by Crippen LogP contribution is 2.21. The molecule has 0 spiro atoms. The molecule has 0 N–H and O–H groups in total. The Bertz CT molecular complexity index is 596. The van der Waals surface area contributed by atoms with Crippen molar-refractivity contribution in [3.63, 3.8) is 0 Å². The second-order valence-electron chi connectivity index (χ2n) is 4.08. The van der Waals surface area contributed by atoms with Crippen molar-refractivity contribution in [3.05, 3.63) is 63.9 Å². The Kier molecular flexibility index (Phi) is 4.77. The van der Waals surface area contributed by atoms with E-state index in [9.17, 15) is 9.18 Å². The Hall–Kier alpha value is -1.13. The third-order valence-corrected chi connectivity index (χ3v) is 4.05. The van der Waals surface area contributed by atoms with Gasteiger partial charge in [0.25, 0.3) is 0 Å². The van der Waals surface area contributed by atoms with Crippen LogP contribution in [0.3, 0.4) is 0 Å². The summed E-state index contributed by atoms with van der Waals surface area (Å²) in [6.45, 7) is 0. The zero-order valence-electron chi connectivity index (χ0n) is 10.3. The van der Waals surface area contributed by atoms with Crippen LogP contribution < -0.4 is 0 Å². The van der Waals surface area contributed by atoms with E-state index in [-0.39, 0.29) is 18.0 Å². The van der Waals surface area contributed by atoms with Crippen molar-refractivity contribution in [1.29, 1.82) is 0 Å². The lowest BCUT2D eigenvalue weighted by Gasteiger charge is -2.04. The quantitative estimate of drug-likeness (QED) is 0.591. The van der Waals surface area contributed by atoms with Gasteiger partial charge in [-0.05, 0) is 36.1 Å². The lowest BCUT2D eigenvalue weighted by Crippen LogP contribution is -2.03. The molecule has 0 radical (unpaired) electrons. The summed E-state index contributed by atoms with van der Waals surface area (Å²) in [7, 11) is 0. The van der Waals surface area contributed by atoms with E-state index in [4.69, 9.17) is 0 Å². The number of hydrogen-bond donors (Lipinski definition) is 0. The first kappa shape index (κ1) is 14.3. The second-order valence-corrected chi connectivity index (χ2v) is 5.84. The van der Waals surface area contributed by atoms with Crippen molar-refractivity contribution in [2.24, 2.45) is 0 Å². The molecule has 0 fully saturated rings. The molecule has 0 bridgehead atoms. The zero-order valence-corrected chi connectivity index (χ0v) is 12.7. The molecule has 4 heteroatoms. The number of benzene rings is 2. The molecule has 2 aromatic carbocycles. The molecule has 0 atom stereocenters. The lowest BCUT2D eigenvalue weighted by atomic mass is 10.0. The van der Waals surface area contributed by atoms with Crippen LogP contribution in [0, 0.1) is 5.82 Å². The molecular formula is C15H12BrFOS. The SMILES string of the molecule is CSc1ccc(CC(=O)c2ccc(Br)cc2)cc1F. The molecule has 0 amide bonds.